The normalized spacial score (nSPS) is 13.8. The number of carboxylic acid groups (broad SMARTS) is 1. The van der Waals surface area contributed by atoms with Crippen molar-refractivity contribution in [1.29, 1.82) is 0 Å². The zero-order chi connectivity index (χ0) is 22.3. The second-order valence-electron chi connectivity index (χ2n) is 7.64. The molecule has 0 radical (unpaired) electrons. The fourth-order valence-corrected chi connectivity index (χ4v) is 3.28. The van der Waals surface area contributed by atoms with Crippen LogP contribution >= 0.6 is 0 Å². The molecule has 0 spiro atoms. The molecule has 0 heterocycles. The van der Waals surface area contributed by atoms with E-state index in [-0.39, 0.29) is 12.5 Å². The van der Waals surface area contributed by atoms with Crippen molar-refractivity contribution in [1.82, 2.24) is 15.1 Å². The maximum absolute atomic E-state index is 13.6. The Morgan fingerprint density at radius 1 is 1.07 bits per heavy atom. The molecule has 0 atom stereocenters. The predicted molar refractivity (Wildman–Crippen MR) is 110 cm³/mol. The van der Waals surface area contributed by atoms with Gasteiger partial charge in [0.2, 0.25) is 0 Å². The number of halogens is 2. The van der Waals surface area contributed by atoms with E-state index in [0.717, 1.165) is 23.7 Å². The van der Waals surface area contributed by atoms with Gasteiger partial charge < -0.3 is 20.2 Å². The van der Waals surface area contributed by atoms with Crippen molar-refractivity contribution in [3.05, 3.63) is 70.8 Å². The quantitative estimate of drug-likeness (QED) is 0.703. The summed E-state index contributed by atoms with van der Waals surface area (Å²) in [5, 5.41) is 9.85. The highest BCUT2D eigenvalue weighted by molar-refractivity contribution is 5.75. The Labute approximate surface area is 175 Å². The van der Waals surface area contributed by atoms with Gasteiger partial charge in [0.15, 0.2) is 0 Å². The lowest BCUT2D eigenvalue weighted by atomic mass is 10.0. The van der Waals surface area contributed by atoms with Crippen molar-refractivity contribution in [3.63, 3.8) is 0 Å². The van der Waals surface area contributed by atoms with Crippen LogP contribution in [-0.4, -0.2) is 48.6 Å². The van der Waals surface area contributed by atoms with Crippen LogP contribution in [0.4, 0.5) is 13.6 Å². The largest absolute Gasteiger partial charge is 0.483 e. The molecular formula is C22H27F2N3O3. The van der Waals surface area contributed by atoms with Crippen LogP contribution in [0.3, 0.4) is 0 Å². The van der Waals surface area contributed by atoms with Gasteiger partial charge in [0.25, 0.3) is 6.47 Å². The van der Waals surface area contributed by atoms with E-state index in [4.69, 9.17) is 9.90 Å². The van der Waals surface area contributed by atoms with Crippen molar-refractivity contribution in [3.8, 4) is 0 Å². The summed E-state index contributed by atoms with van der Waals surface area (Å²) in [5.74, 6) is -1.26. The molecule has 2 aromatic carbocycles. The van der Waals surface area contributed by atoms with E-state index in [1.165, 1.54) is 12.1 Å². The Balaban J connectivity index is 0.00000101. The summed E-state index contributed by atoms with van der Waals surface area (Å²) >= 11 is 0. The predicted octanol–water partition coefficient (Wildman–Crippen LogP) is 3.56. The number of amides is 2. The first-order valence-corrected chi connectivity index (χ1v) is 9.50. The molecule has 2 amide bonds. The van der Waals surface area contributed by atoms with E-state index in [1.54, 1.807) is 11.9 Å². The first-order valence-electron chi connectivity index (χ1n) is 9.50. The summed E-state index contributed by atoms with van der Waals surface area (Å²) in [5.41, 5.74) is 2.05. The molecule has 1 aliphatic carbocycles. The lowest BCUT2D eigenvalue weighted by molar-refractivity contribution is -0.122. The number of urea groups is 1. The first-order chi connectivity index (χ1) is 14.2. The third kappa shape index (κ3) is 6.25. The van der Waals surface area contributed by atoms with Crippen LogP contribution in [0.25, 0.3) is 0 Å². The first kappa shape index (κ1) is 23.3. The second kappa shape index (κ2) is 10.2. The summed E-state index contributed by atoms with van der Waals surface area (Å²) in [6.45, 7) is 1.00. The minimum atomic E-state index is -0.669. The molecule has 0 bridgehead atoms. The maximum atomic E-state index is 13.6. The Hall–Kier alpha value is -3.00. The molecule has 1 aliphatic rings. The van der Waals surface area contributed by atoms with Crippen LogP contribution in [0.1, 0.15) is 29.5 Å². The molecule has 2 aromatic rings. The van der Waals surface area contributed by atoms with Gasteiger partial charge in [-0.15, -0.1) is 0 Å². The number of benzene rings is 2. The summed E-state index contributed by atoms with van der Waals surface area (Å²) in [6, 6.07) is 11.2. The maximum Gasteiger partial charge on any atom is 0.318 e. The molecule has 0 aliphatic heterocycles. The lowest BCUT2D eigenvalue weighted by Gasteiger charge is -2.25. The van der Waals surface area contributed by atoms with Crippen molar-refractivity contribution in [2.75, 3.05) is 21.1 Å². The van der Waals surface area contributed by atoms with Gasteiger partial charge >= 0.3 is 6.03 Å². The molecule has 30 heavy (non-hydrogen) atoms. The number of nitrogens with zero attached hydrogens (tertiary/aromatic N) is 2. The topological polar surface area (TPSA) is 72.9 Å². The molecular weight excluding hydrogens is 392 g/mol. The van der Waals surface area contributed by atoms with Crippen molar-refractivity contribution in [2.45, 2.75) is 31.5 Å². The summed E-state index contributed by atoms with van der Waals surface area (Å²) in [4.78, 5) is 24.7. The summed E-state index contributed by atoms with van der Waals surface area (Å²) in [7, 11) is 5.73. The summed E-state index contributed by atoms with van der Waals surface area (Å²) in [6.07, 6.45) is 1.35. The highest BCUT2D eigenvalue weighted by Crippen LogP contribution is 2.46. The van der Waals surface area contributed by atoms with Crippen LogP contribution in [0.2, 0.25) is 0 Å². The van der Waals surface area contributed by atoms with Crippen LogP contribution in [0.15, 0.2) is 42.5 Å². The van der Waals surface area contributed by atoms with Crippen molar-refractivity contribution in [2.24, 2.45) is 0 Å². The highest BCUT2D eigenvalue weighted by atomic mass is 19.1. The van der Waals surface area contributed by atoms with Gasteiger partial charge in [-0.05, 0) is 55.8 Å². The van der Waals surface area contributed by atoms with Crippen LogP contribution in [-0.2, 0) is 23.4 Å². The average Bonchev–Trinajstić information content (AvgIpc) is 3.43. The number of rotatable bonds is 6. The Morgan fingerprint density at radius 2 is 1.57 bits per heavy atom. The fraction of sp³-hybridized carbons (Fsp3) is 0.364. The Kier molecular flexibility index (Phi) is 7.88. The van der Waals surface area contributed by atoms with Gasteiger partial charge in [-0.2, -0.15) is 0 Å². The number of carbonyl (C=O) groups is 2. The summed E-state index contributed by atoms with van der Waals surface area (Å²) < 4.78 is 27.1. The van der Waals surface area contributed by atoms with Crippen LogP contribution in [0.5, 0.6) is 0 Å². The van der Waals surface area contributed by atoms with Gasteiger partial charge in [0.05, 0.1) is 5.54 Å². The fourth-order valence-electron chi connectivity index (χ4n) is 3.28. The molecule has 0 aromatic heterocycles. The minimum absolute atomic E-state index is 0.250. The van der Waals surface area contributed by atoms with Crippen molar-refractivity contribution < 1.29 is 23.5 Å². The highest BCUT2D eigenvalue weighted by Gasteiger charge is 2.46. The SMILES string of the molecule is CN(C)Cc1ccccc1CN(C)C(=O)NC1(c2cc(F)cc(F)c2)CC1.O=CO. The molecule has 1 fully saturated rings. The molecule has 162 valence electrons. The molecule has 0 unspecified atom stereocenters. The third-order valence-corrected chi connectivity index (χ3v) is 4.87. The van der Waals surface area contributed by atoms with E-state index in [1.807, 2.05) is 32.3 Å². The van der Waals surface area contributed by atoms with E-state index < -0.39 is 17.2 Å². The van der Waals surface area contributed by atoms with E-state index >= 15 is 0 Å². The van der Waals surface area contributed by atoms with Crippen LogP contribution < -0.4 is 5.32 Å². The molecule has 0 saturated heterocycles. The number of nitrogens with one attached hydrogen (secondary N) is 1. The number of carbonyl (C=O) groups excluding carboxylic acids is 1. The smallest absolute Gasteiger partial charge is 0.318 e. The second-order valence-corrected chi connectivity index (χ2v) is 7.64. The monoisotopic (exact) mass is 419 g/mol. The van der Waals surface area contributed by atoms with Gasteiger partial charge in [-0.25, -0.2) is 13.6 Å². The van der Waals surface area contributed by atoms with Crippen molar-refractivity contribution >= 4 is 12.5 Å². The molecule has 3 rings (SSSR count). The van der Waals surface area contributed by atoms with E-state index in [2.05, 4.69) is 16.3 Å². The standard InChI is InChI=1S/C21H25F2N3O.CH2O2/c1-25(2)13-15-6-4-5-7-16(15)14-26(3)20(27)24-21(8-9-21)17-10-18(22)12-19(23)11-17;2-1-3/h4-7,10-12H,8-9,13-14H2,1-3H3,(H,24,27);1H,(H,2,3). The van der Waals surface area contributed by atoms with Crippen LogP contribution in [0, 0.1) is 11.6 Å². The Bertz CT molecular complexity index is 865. The zero-order valence-corrected chi connectivity index (χ0v) is 17.4. The molecule has 8 heteroatoms. The van der Waals surface area contributed by atoms with E-state index in [9.17, 15) is 13.6 Å². The van der Waals surface area contributed by atoms with Gasteiger partial charge in [0, 0.05) is 26.2 Å². The Morgan fingerprint density at radius 3 is 2.03 bits per heavy atom. The number of hydrogen-bond donors (Lipinski definition) is 2. The average molecular weight is 419 g/mol. The molecule has 2 N–H and O–H groups in total. The van der Waals surface area contributed by atoms with Gasteiger partial charge in [-0.3, -0.25) is 4.79 Å². The third-order valence-electron chi connectivity index (χ3n) is 4.87. The molecule has 6 nitrogen and oxygen atoms in total. The van der Waals surface area contributed by atoms with Gasteiger partial charge in [0.1, 0.15) is 11.6 Å². The van der Waals surface area contributed by atoms with E-state index in [0.29, 0.717) is 24.9 Å². The minimum Gasteiger partial charge on any atom is -0.483 e. The molecule has 1 saturated carbocycles. The van der Waals surface area contributed by atoms with Gasteiger partial charge in [-0.1, -0.05) is 24.3 Å². The zero-order valence-electron chi connectivity index (χ0n) is 17.4. The lowest BCUT2D eigenvalue weighted by Crippen LogP contribution is -2.43. The number of hydrogen-bond acceptors (Lipinski definition) is 3.